The highest BCUT2D eigenvalue weighted by atomic mass is 79.9. The molecule has 320 valence electrons. The second-order valence-corrected chi connectivity index (χ2v) is 20.1. The van der Waals surface area contributed by atoms with Gasteiger partial charge >= 0.3 is 17.9 Å². The number of benzene rings is 2. The summed E-state index contributed by atoms with van der Waals surface area (Å²) in [5, 5.41) is 52.0. The van der Waals surface area contributed by atoms with Crippen LogP contribution in [-0.2, 0) is 38.1 Å². The van der Waals surface area contributed by atoms with Crippen molar-refractivity contribution in [1.29, 1.82) is 0 Å². The third kappa shape index (κ3) is 7.29. The van der Waals surface area contributed by atoms with Gasteiger partial charge in [-0.05, 0) is 49.6 Å². The molecule has 6 rings (SSSR count). The summed E-state index contributed by atoms with van der Waals surface area (Å²) in [7, 11) is 0. The monoisotopic (exact) mass is 947 g/mol. The van der Waals surface area contributed by atoms with Gasteiger partial charge in [0.05, 0.1) is 35.6 Å². The minimum atomic E-state index is -2.35. The first-order chi connectivity index (χ1) is 27.5. The predicted octanol–water partition coefficient (Wildman–Crippen LogP) is 3.79. The number of ketones is 1. The molecule has 1 saturated heterocycles. The summed E-state index contributed by atoms with van der Waals surface area (Å²) < 4.78 is 23.0. The molecule has 3 aliphatic carbocycles. The van der Waals surface area contributed by atoms with E-state index in [4.69, 9.17) is 18.9 Å². The lowest BCUT2D eigenvalue weighted by Gasteiger charge is -2.67. The van der Waals surface area contributed by atoms with Crippen LogP contribution in [0.3, 0.4) is 0 Å². The molecule has 13 atom stereocenters. The number of halogens is 2. The molecule has 14 nitrogen and oxygen atoms in total. The number of carbonyl (C=O) groups excluding carboxylic acids is 5. The van der Waals surface area contributed by atoms with Gasteiger partial charge in [-0.25, -0.2) is 9.59 Å². The highest BCUT2D eigenvalue weighted by Gasteiger charge is 2.78. The van der Waals surface area contributed by atoms with E-state index in [-0.39, 0.29) is 34.6 Å². The van der Waals surface area contributed by atoms with E-state index in [1.165, 1.54) is 26.0 Å². The number of hydrogen-bond acceptors (Lipinski definition) is 13. The second kappa shape index (κ2) is 16.1. The van der Waals surface area contributed by atoms with Crippen LogP contribution in [0.1, 0.15) is 83.3 Å². The van der Waals surface area contributed by atoms with Gasteiger partial charge in [0.2, 0.25) is 5.91 Å². The molecule has 2 aromatic carbocycles. The number of fused-ring (bicyclic) bond motifs is 5. The van der Waals surface area contributed by atoms with Gasteiger partial charge in [-0.1, -0.05) is 101 Å². The first kappa shape index (κ1) is 45.0. The molecule has 0 spiro atoms. The predicted molar refractivity (Wildman–Crippen MR) is 218 cm³/mol. The molecular weight excluding hydrogens is 898 g/mol. The van der Waals surface area contributed by atoms with Gasteiger partial charge in [0.1, 0.15) is 34.3 Å². The zero-order chi connectivity index (χ0) is 43.6. The normalized spacial score (nSPS) is 34.8. The maximum absolute atomic E-state index is 15.0. The van der Waals surface area contributed by atoms with Crippen molar-refractivity contribution in [1.82, 2.24) is 5.32 Å². The van der Waals surface area contributed by atoms with Crippen molar-refractivity contribution in [3.63, 3.8) is 0 Å². The van der Waals surface area contributed by atoms with E-state index in [0.29, 0.717) is 5.56 Å². The molecule has 2 saturated carbocycles. The average molecular weight is 950 g/mol. The molecule has 5 N–H and O–H groups in total. The molecule has 4 aliphatic rings. The van der Waals surface area contributed by atoms with Crippen molar-refractivity contribution in [3.8, 4) is 0 Å². The van der Waals surface area contributed by atoms with Crippen molar-refractivity contribution in [3.05, 3.63) is 82.9 Å². The Morgan fingerprint density at radius 1 is 1.00 bits per heavy atom. The molecular formula is C43H51Br2NO13. The van der Waals surface area contributed by atoms with Gasteiger partial charge in [0, 0.05) is 30.0 Å². The zero-order valence-corrected chi connectivity index (χ0v) is 37.0. The number of Topliss-reactive ketones (excluding diaryl/α,β-unsaturated/α-hetero) is 1. The maximum Gasteiger partial charge on any atom is 0.338 e. The Morgan fingerprint density at radius 3 is 2.14 bits per heavy atom. The third-order valence-electron chi connectivity index (χ3n) is 13.4. The van der Waals surface area contributed by atoms with Crippen molar-refractivity contribution in [2.24, 2.45) is 16.7 Å². The first-order valence-electron chi connectivity index (χ1n) is 19.4. The molecule has 1 heterocycles. The largest absolute Gasteiger partial charge is 0.456 e. The van der Waals surface area contributed by atoms with E-state index in [0.717, 1.165) is 6.92 Å². The van der Waals surface area contributed by atoms with Crippen LogP contribution in [0.4, 0.5) is 0 Å². The van der Waals surface area contributed by atoms with Crippen LogP contribution >= 0.6 is 31.9 Å². The summed E-state index contributed by atoms with van der Waals surface area (Å²) in [5.74, 6) is -5.88. The number of nitrogens with one attached hydrogen (secondary N) is 1. The summed E-state index contributed by atoms with van der Waals surface area (Å²) in [5.41, 5.74) is -7.15. The summed E-state index contributed by atoms with van der Waals surface area (Å²) in [6.45, 7) is 10.2. The molecule has 2 aromatic rings. The smallest absolute Gasteiger partial charge is 0.338 e. The lowest BCUT2D eigenvalue weighted by Crippen LogP contribution is -2.81. The van der Waals surface area contributed by atoms with Crippen LogP contribution in [0, 0.1) is 16.7 Å². The van der Waals surface area contributed by atoms with Crippen molar-refractivity contribution in [2.45, 2.75) is 124 Å². The number of rotatable bonds is 10. The topological polar surface area (TPSA) is 215 Å². The Bertz CT molecular complexity index is 2020. The lowest BCUT2D eigenvalue weighted by atomic mass is 9.44. The van der Waals surface area contributed by atoms with E-state index in [1.807, 2.05) is 0 Å². The van der Waals surface area contributed by atoms with E-state index in [9.17, 15) is 44.4 Å². The summed E-state index contributed by atoms with van der Waals surface area (Å²) in [6, 6.07) is 14.8. The van der Waals surface area contributed by atoms with Gasteiger partial charge < -0.3 is 44.7 Å². The molecule has 1 aliphatic heterocycles. The number of carbonyl (C=O) groups is 5. The Morgan fingerprint density at radius 2 is 1.59 bits per heavy atom. The molecule has 0 aromatic heterocycles. The van der Waals surface area contributed by atoms with Crippen LogP contribution in [0.5, 0.6) is 0 Å². The Balaban J connectivity index is 1.49. The second-order valence-electron chi connectivity index (χ2n) is 17.1. The van der Waals surface area contributed by atoms with Gasteiger partial charge in [-0.3, -0.25) is 14.4 Å². The van der Waals surface area contributed by atoms with Crippen LogP contribution in [-0.4, -0.2) is 114 Å². The molecule has 1 amide bonds. The zero-order valence-electron chi connectivity index (χ0n) is 33.8. The van der Waals surface area contributed by atoms with E-state index in [1.54, 1.807) is 76.2 Å². The highest BCUT2D eigenvalue weighted by molar-refractivity contribution is 9.12. The minimum Gasteiger partial charge on any atom is -0.456 e. The van der Waals surface area contributed by atoms with E-state index < -0.39 is 111 Å². The number of ether oxygens (including phenoxy) is 4. The SMILES string of the molecule is CC(=O)O[C@@]12COC1C[C@@H](O)[C@@]1(C)C(=O)[C@H](O)C3=C(C)[C@@H](OC(=O)[C@H](O)[C@@H](NC(=O)[C@](C)(Br)[C@@H](C)Br)c4ccccc4)C[C@@](O)(C(OC(=O)c4ccccc4)C21)C3(C)C. The van der Waals surface area contributed by atoms with Gasteiger partial charge in [0.25, 0.3) is 0 Å². The number of esters is 3. The lowest BCUT2D eigenvalue weighted by molar-refractivity contribution is -0.346. The Kier molecular flexibility index (Phi) is 12.3. The van der Waals surface area contributed by atoms with Crippen LogP contribution in [0.2, 0.25) is 0 Å². The van der Waals surface area contributed by atoms with Gasteiger partial charge in [-0.15, -0.1) is 0 Å². The maximum atomic E-state index is 15.0. The van der Waals surface area contributed by atoms with Crippen molar-refractivity contribution in [2.75, 3.05) is 6.61 Å². The van der Waals surface area contributed by atoms with Crippen LogP contribution < -0.4 is 5.32 Å². The molecule has 59 heavy (non-hydrogen) atoms. The van der Waals surface area contributed by atoms with Gasteiger partial charge in [0.15, 0.2) is 17.5 Å². The molecule has 2 bridgehead atoms. The van der Waals surface area contributed by atoms with Crippen molar-refractivity contribution < 1.29 is 63.3 Å². The van der Waals surface area contributed by atoms with Crippen LogP contribution in [0.15, 0.2) is 71.8 Å². The number of amides is 1. The number of aliphatic hydroxyl groups excluding tert-OH is 3. The molecule has 3 fully saturated rings. The highest BCUT2D eigenvalue weighted by Crippen LogP contribution is 2.64. The quantitative estimate of drug-likeness (QED) is 0.0994. The Labute approximate surface area is 359 Å². The number of aliphatic hydroxyl groups is 4. The number of alkyl halides is 2. The molecule has 3 unspecified atom stereocenters. The molecule has 16 heteroatoms. The fraction of sp³-hybridized carbons (Fsp3) is 0.558. The fourth-order valence-electron chi connectivity index (χ4n) is 9.59. The molecule has 0 radical (unpaired) electrons. The standard InChI is InChI=1S/C43H51Br2NO13/c1-21-26(57-37(53)32(50)30(24-14-10-8-11-15-24)46-38(54)41(7,45)22(2)44)19-43(55)35(58-36(52)25-16-12-9-13-17-25)33-40(6,34(51)31(49)29(21)39(43,4)5)27(48)18-28-42(33,20-56-28)59-23(3)47/h8-17,22,26-28,30-33,35,48-50,55H,18-20H2,1-7H3,(H,46,54)/t22-,26+,27-,28?,30+,31-,32-,33?,35?,40-,41-,42+,43-/m1/s1. The summed E-state index contributed by atoms with van der Waals surface area (Å²) >= 11 is 6.84. The minimum absolute atomic E-state index is 0.0565. The van der Waals surface area contributed by atoms with E-state index in [2.05, 4.69) is 37.2 Å². The van der Waals surface area contributed by atoms with Crippen molar-refractivity contribution >= 4 is 61.5 Å². The number of hydrogen-bond donors (Lipinski definition) is 5. The Hall–Kier alpha value is -3.51. The third-order valence-corrected chi connectivity index (χ3v) is 15.9. The van der Waals surface area contributed by atoms with Gasteiger partial charge in [-0.2, -0.15) is 0 Å². The summed E-state index contributed by atoms with van der Waals surface area (Å²) in [6.07, 6.45) is -10.5. The van der Waals surface area contributed by atoms with Crippen LogP contribution in [0.25, 0.3) is 0 Å². The fourth-order valence-corrected chi connectivity index (χ4v) is 9.91. The van der Waals surface area contributed by atoms with E-state index >= 15 is 0 Å². The summed E-state index contributed by atoms with van der Waals surface area (Å²) in [4.78, 5) is 69.3. The average Bonchev–Trinajstić information content (AvgIpc) is 3.18. The first-order valence-corrected chi connectivity index (χ1v) is 21.2.